The maximum Gasteiger partial charge on any atom is 0.264 e. The first-order chi connectivity index (χ1) is 14.1. The number of nitrogens with one attached hydrogen (secondary N) is 1. The Bertz CT molecular complexity index is 1020. The molecule has 162 valence electrons. The molecule has 0 bridgehead atoms. The summed E-state index contributed by atoms with van der Waals surface area (Å²) in [6, 6.07) is 10.8. The average Bonchev–Trinajstić information content (AvgIpc) is 2.71. The molecule has 30 heavy (non-hydrogen) atoms. The van der Waals surface area contributed by atoms with Crippen molar-refractivity contribution in [2.24, 2.45) is 0 Å². The Kier molecular flexibility index (Phi) is 7.55. The first kappa shape index (κ1) is 23.8. The number of methoxy groups -OCH3 is 1. The summed E-state index contributed by atoms with van der Waals surface area (Å²) in [5.41, 5.74) is 0.101. The van der Waals surface area contributed by atoms with Crippen LogP contribution in [0.1, 0.15) is 37.6 Å². The number of hydrogen-bond acceptors (Lipinski definition) is 4. The van der Waals surface area contributed by atoms with Crippen LogP contribution < -0.4 is 14.4 Å². The zero-order valence-corrected chi connectivity index (χ0v) is 19.2. The zero-order chi connectivity index (χ0) is 22.5. The Hall–Kier alpha value is -2.51. The van der Waals surface area contributed by atoms with Crippen molar-refractivity contribution >= 4 is 33.2 Å². The Labute approximate surface area is 183 Å². The quantitative estimate of drug-likeness (QED) is 0.564. The lowest BCUT2D eigenvalue weighted by Crippen LogP contribution is -2.43. The lowest BCUT2D eigenvalue weighted by Gasteiger charge is -2.26. The van der Waals surface area contributed by atoms with Gasteiger partial charge in [0.2, 0.25) is 0 Å². The molecule has 0 saturated carbocycles. The van der Waals surface area contributed by atoms with Gasteiger partial charge in [0.1, 0.15) is 5.75 Å². The van der Waals surface area contributed by atoms with E-state index < -0.39 is 21.5 Å². The predicted octanol–water partition coefficient (Wildman–Crippen LogP) is 4.65. The number of benzene rings is 2. The van der Waals surface area contributed by atoms with Gasteiger partial charge in [0.25, 0.3) is 15.9 Å². The number of sulfonamides is 1. The third-order valence-electron chi connectivity index (χ3n) is 4.76. The number of nitrogens with zero attached hydrogens (tertiary/aromatic N) is 1. The van der Waals surface area contributed by atoms with E-state index in [0.717, 1.165) is 0 Å². The summed E-state index contributed by atoms with van der Waals surface area (Å²) in [5.74, 6) is 0.183. The second-order valence-electron chi connectivity index (χ2n) is 7.36. The molecule has 0 unspecified atom stereocenters. The summed E-state index contributed by atoms with van der Waals surface area (Å²) in [4.78, 5) is 12.7. The van der Waals surface area contributed by atoms with E-state index in [1.165, 1.54) is 35.7 Å². The minimum Gasteiger partial charge on any atom is -0.497 e. The Morgan fingerprint density at radius 2 is 1.87 bits per heavy atom. The Balaban J connectivity index is 2.48. The van der Waals surface area contributed by atoms with E-state index in [0.29, 0.717) is 17.9 Å². The average molecular weight is 451 g/mol. The van der Waals surface area contributed by atoms with Gasteiger partial charge in [-0.25, -0.2) is 8.42 Å². The van der Waals surface area contributed by atoms with Gasteiger partial charge in [-0.3, -0.25) is 9.10 Å². The molecule has 2 rings (SSSR count). The summed E-state index contributed by atoms with van der Waals surface area (Å²) in [6.07, 6.45) is 2.20. The highest BCUT2D eigenvalue weighted by atomic mass is 35.5. The number of halogens is 1. The van der Waals surface area contributed by atoms with E-state index in [4.69, 9.17) is 16.3 Å². The molecular weight excluding hydrogens is 424 g/mol. The van der Waals surface area contributed by atoms with Gasteiger partial charge in [-0.15, -0.1) is 6.58 Å². The summed E-state index contributed by atoms with van der Waals surface area (Å²) >= 11 is 6.21. The van der Waals surface area contributed by atoms with E-state index >= 15 is 0 Å². The van der Waals surface area contributed by atoms with Gasteiger partial charge in [0.05, 0.1) is 34.8 Å². The summed E-state index contributed by atoms with van der Waals surface area (Å²) in [7, 11) is -2.44. The number of carbonyl (C=O) groups is 1. The smallest absolute Gasteiger partial charge is 0.264 e. The lowest BCUT2D eigenvalue weighted by atomic mass is 10.0. The molecule has 0 aliphatic rings. The second-order valence-corrected chi connectivity index (χ2v) is 9.63. The van der Waals surface area contributed by atoms with Crippen LogP contribution in [0.15, 0.2) is 60.0 Å². The fourth-order valence-electron chi connectivity index (χ4n) is 2.64. The summed E-state index contributed by atoms with van der Waals surface area (Å²) in [5, 5.41) is 3.06. The molecule has 0 aliphatic heterocycles. The van der Waals surface area contributed by atoms with Crippen LogP contribution in [0, 0.1) is 0 Å². The topological polar surface area (TPSA) is 75.7 Å². The van der Waals surface area contributed by atoms with Crippen molar-refractivity contribution in [3.05, 3.63) is 65.7 Å². The van der Waals surface area contributed by atoms with Crippen LogP contribution in [0.2, 0.25) is 5.02 Å². The molecule has 0 aliphatic carbocycles. The van der Waals surface area contributed by atoms with E-state index in [1.54, 1.807) is 24.3 Å². The first-order valence-electron chi connectivity index (χ1n) is 9.45. The van der Waals surface area contributed by atoms with Crippen LogP contribution in [0.3, 0.4) is 0 Å². The van der Waals surface area contributed by atoms with Crippen LogP contribution >= 0.6 is 11.6 Å². The number of ether oxygens (including phenoxy) is 1. The third-order valence-corrected chi connectivity index (χ3v) is 6.88. The van der Waals surface area contributed by atoms with Gasteiger partial charge < -0.3 is 10.1 Å². The SMILES string of the molecule is C=CCN(c1ccc(OC)cc1)S(=O)(=O)c1ccc(Cl)c(C(=O)NC(C)(C)CC)c1. The number of rotatable bonds is 9. The molecule has 6 nitrogen and oxygen atoms in total. The van der Waals surface area contributed by atoms with E-state index in [2.05, 4.69) is 11.9 Å². The van der Waals surface area contributed by atoms with Crippen LogP contribution in [-0.2, 0) is 10.0 Å². The second kappa shape index (κ2) is 9.53. The summed E-state index contributed by atoms with van der Waals surface area (Å²) in [6.45, 7) is 9.43. The summed E-state index contributed by atoms with van der Waals surface area (Å²) < 4.78 is 33.1. The number of anilines is 1. The Morgan fingerprint density at radius 1 is 1.23 bits per heavy atom. The van der Waals surface area contributed by atoms with Gasteiger partial charge >= 0.3 is 0 Å². The fraction of sp³-hybridized carbons (Fsp3) is 0.318. The molecule has 0 heterocycles. The van der Waals surface area contributed by atoms with E-state index in [1.807, 2.05) is 20.8 Å². The highest BCUT2D eigenvalue weighted by Crippen LogP contribution is 2.28. The molecule has 0 saturated heterocycles. The zero-order valence-electron chi connectivity index (χ0n) is 17.6. The number of hydrogen-bond donors (Lipinski definition) is 1. The number of carbonyl (C=O) groups excluding carboxylic acids is 1. The molecule has 0 fully saturated rings. The molecule has 1 amide bonds. The molecule has 8 heteroatoms. The standard InChI is InChI=1S/C22H27ClN2O4S/c1-6-14-25(16-8-10-17(29-5)11-9-16)30(27,28)18-12-13-20(23)19(15-18)21(26)24-22(3,4)7-2/h6,8-13,15H,1,7,14H2,2-5H3,(H,24,26). The van der Waals surface area contributed by atoms with Crippen molar-refractivity contribution in [1.82, 2.24) is 5.32 Å². The van der Waals surface area contributed by atoms with Crippen LogP contribution in [0.25, 0.3) is 0 Å². The highest BCUT2D eigenvalue weighted by molar-refractivity contribution is 7.92. The lowest BCUT2D eigenvalue weighted by molar-refractivity contribution is 0.0911. The van der Waals surface area contributed by atoms with Crippen LogP contribution in [0.5, 0.6) is 5.75 Å². The molecule has 0 aromatic heterocycles. The minimum atomic E-state index is -3.98. The largest absolute Gasteiger partial charge is 0.497 e. The van der Waals surface area contributed by atoms with Crippen molar-refractivity contribution in [2.45, 2.75) is 37.6 Å². The van der Waals surface area contributed by atoms with Crippen molar-refractivity contribution in [3.63, 3.8) is 0 Å². The molecular formula is C22H27ClN2O4S. The van der Waals surface area contributed by atoms with E-state index in [-0.39, 0.29) is 22.0 Å². The van der Waals surface area contributed by atoms with Gasteiger partial charge in [-0.2, -0.15) is 0 Å². The van der Waals surface area contributed by atoms with Gasteiger partial charge in [-0.1, -0.05) is 24.6 Å². The molecule has 0 radical (unpaired) electrons. The number of amides is 1. The minimum absolute atomic E-state index is 0.0379. The molecule has 1 N–H and O–H groups in total. The molecule has 0 atom stereocenters. The van der Waals surface area contributed by atoms with Crippen molar-refractivity contribution < 1.29 is 17.9 Å². The van der Waals surface area contributed by atoms with Crippen LogP contribution in [-0.4, -0.2) is 33.5 Å². The molecule has 0 spiro atoms. The molecule has 2 aromatic rings. The van der Waals surface area contributed by atoms with Gasteiger partial charge in [0.15, 0.2) is 0 Å². The van der Waals surface area contributed by atoms with Crippen molar-refractivity contribution in [1.29, 1.82) is 0 Å². The fourth-order valence-corrected chi connectivity index (χ4v) is 4.30. The third kappa shape index (κ3) is 5.34. The first-order valence-corrected chi connectivity index (χ1v) is 11.3. The monoisotopic (exact) mass is 450 g/mol. The van der Waals surface area contributed by atoms with Gasteiger partial charge in [0, 0.05) is 5.54 Å². The predicted molar refractivity (Wildman–Crippen MR) is 121 cm³/mol. The highest BCUT2D eigenvalue weighted by Gasteiger charge is 2.27. The molecule has 2 aromatic carbocycles. The normalized spacial score (nSPS) is 11.6. The van der Waals surface area contributed by atoms with Crippen molar-refractivity contribution in [2.75, 3.05) is 18.0 Å². The van der Waals surface area contributed by atoms with Gasteiger partial charge in [-0.05, 0) is 62.7 Å². The van der Waals surface area contributed by atoms with E-state index in [9.17, 15) is 13.2 Å². The Morgan fingerprint density at radius 3 is 2.40 bits per heavy atom. The van der Waals surface area contributed by atoms with Crippen LogP contribution in [0.4, 0.5) is 5.69 Å². The maximum atomic E-state index is 13.4. The maximum absolute atomic E-state index is 13.4. The van der Waals surface area contributed by atoms with Crippen molar-refractivity contribution in [3.8, 4) is 5.75 Å².